The highest BCUT2D eigenvalue weighted by Crippen LogP contribution is 2.46. The minimum absolute atomic E-state index is 0.147. The van der Waals surface area contributed by atoms with Gasteiger partial charge in [-0.3, -0.25) is 0 Å². The van der Waals surface area contributed by atoms with Crippen molar-refractivity contribution in [3.8, 4) is 5.69 Å². The van der Waals surface area contributed by atoms with Gasteiger partial charge in [-0.15, -0.1) is 0 Å². The van der Waals surface area contributed by atoms with Crippen molar-refractivity contribution in [2.24, 2.45) is 0 Å². The van der Waals surface area contributed by atoms with E-state index in [1.165, 1.54) is 27.8 Å². The molecule has 0 amide bonds. The maximum atomic E-state index is 6.48. The van der Waals surface area contributed by atoms with Gasteiger partial charge in [0.1, 0.15) is 0 Å². The first-order chi connectivity index (χ1) is 13.4. The van der Waals surface area contributed by atoms with Crippen molar-refractivity contribution in [1.82, 2.24) is 4.57 Å². The fourth-order valence-electron chi connectivity index (χ4n) is 4.42. The number of allylic oxidation sites excluding steroid dienone is 1. The second-order valence-electron chi connectivity index (χ2n) is 8.86. The summed E-state index contributed by atoms with van der Waals surface area (Å²) in [5.41, 5.74) is 4.31. The molecule has 2 aromatic carbocycles. The van der Waals surface area contributed by atoms with E-state index >= 15 is 0 Å². The van der Waals surface area contributed by atoms with Crippen LogP contribution in [0.4, 0.5) is 0 Å². The van der Waals surface area contributed by atoms with E-state index in [0.717, 1.165) is 6.42 Å². The zero-order valence-electron chi connectivity index (χ0n) is 17.0. The molecule has 3 aromatic rings. The molecule has 5 rings (SSSR count). The van der Waals surface area contributed by atoms with Gasteiger partial charge < -0.3 is 13.9 Å². The van der Waals surface area contributed by atoms with Crippen LogP contribution in [-0.2, 0) is 9.31 Å². The van der Waals surface area contributed by atoms with Gasteiger partial charge in [0, 0.05) is 28.1 Å². The summed E-state index contributed by atoms with van der Waals surface area (Å²) in [6, 6.07) is 19.2. The van der Waals surface area contributed by atoms with E-state index in [2.05, 4.69) is 99.0 Å². The fourth-order valence-corrected chi connectivity index (χ4v) is 4.42. The summed E-state index contributed by atoms with van der Waals surface area (Å²) < 4.78 is 15.3. The predicted molar refractivity (Wildman–Crippen MR) is 116 cm³/mol. The Bertz CT molecular complexity index is 1050. The molecule has 1 aliphatic heterocycles. The molecule has 1 aromatic heterocycles. The van der Waals surface area contributed by atoms with Crippen molar-refractivity contribution in [3.63, 3.8) is 0 Å². The highest BCUT2D eigenvalue weighted by molar-refractivity contribution is 6.48. The van der Waals surface area contributed by atoms with Gasteiger partial charge >= 0.3 is 7.12 Å². The molecular weight excluding hydrogens is 345 g/mol. The molecule has 28 heavy (non-hydrogen) atoms. The molecule has 1 atom stereocenters. The lowest BCUT2D eigenvalue weighted by atomic mass is 9.65. The summed E-state index contributed by atoms with van der Waals surface area (Å²) in [7, 11) is -0.263. The van der Waals surface area contributed by atoms with E-state index in [1.54, 1.807) is 0 Å². The van der Waals surface area contributed by atoms with Gasteiger partial charge in [0.2, 0.25) is 0 Å². The van der Waals surface area contributed by atoms with Crippen molar-refractivity contribution in [2.75, 3.05) is 0 Å². The predicted octanol–water partition coefficient (Wildman–Crippen LogP) is 5.76. The third kappa shape index (κ3) is 2.52. The molecule has 0 radical (unpaired) electrons. The summed E-state index contributed by atoms with van der Waals surface area (Å²) >= 11 is 0. The van der Waals surface area contributed by atoms with Crippen LogP contribution in [0.3, 0.4) is 0 Å². The number of fused-ring (bicyclic) bond motifs is 3. The number of para-hydroxylation sites is 2. The van der Waals surface area contributed by atoms with Gasteiger partial charge in [-0.25, -0.2) is 0 Å². The number of aromatic nitrogens is 1. The van der Waals surface area contributed by atoms with E-state index in [4.69, 9.17) is 9.31 Å². The molecule has 1 aliphatic carbocycles. The summed E-state index contributed by atoms with van der Waals surface area (Å²) in [6.45, 7) is 8.50. The Morgan fingerprint density at radius 2 is 1.54 bits per heavy atom. The van der Waals surface area contributed by atoms with Crippen LogP contribution in [0.5, 0.6) is 0 Å². The lowest BCUT2D eigenvalue weighted by Gasteiger charge is -2.32. The SMILES string of the molecule is CC1(C)OB(C2CC=Cc3c2n(-c2ccccc2)c2ccccc32)OC1(C)C. The van der Waals surface area contributed by atoms with E-state index in [-0.39, 0.29) is 24.1 Å². The van der Waals surface area contributed by atoms with E-state index in [1.807, 2.05) is 0 Å². The normalized spacial score (nSPS) is 22.6. The topological polar surface area (TPSA) is 23.4 Å². The number of hydrogen-bond acceptors (Lipinski definition) is 2. The third-order valence-corrected chi connectivity index (χ3v) is 6.59. The minimum Gasteiger partial charge on any atom is -0.403 e. The van der Waals surface area contributed by atoms with Gasteiger partial charge in [0.05, 0.1) is 16.7 Å². The Morgan fingerprint density at radius 3 is 2.25 bits per heavy atom. The molecule has 0 N–H and O–H groups in total. The van der Waals surface area contributed by atoms with Gasteiger partial charge in [-0.2, -0.15) is 0 Å². The standard InChI is InChI=1S/C24H26BNO2/c1-23(2)24(3,4)28-25(27-23)20-15-10-14-19-18-13-8-9-16-21(18)26(22(19)20)17-11-6-5-7-12-17/h5-14,16,20H,15H2,1-4H3. The van der Waals surface area contributed by atoms with Crippen molar-refractivity contribution in [3.05, 3.63) is 71.9 Å². The van der Waals surface area contributed by atoms with Crippen LogP contribution in [0.2, 0.25) is 0 Å². The van der Waals surface area contributed by atoms with Crippen LogP contribution in [0.15, 0.2) is 60.7 Å². The molecule has 4 heteroatoms. The Balaban J connectivity index is 1.73. The van der Waals surface area contributed by atoms with Crippen LogP contribution >= 0.6 is 0 Å². The van der Waals surface area contributed by atoms with Gasteiger partial charge in [0.25, 0.3) is 0 Å². The molecule has 1 unspecified atom stereocenters. The first-order valence-corrected chi connectivity index (χ1v) is 10.1. The molecule has 0 spiro atoms. The monoisotopic (exact) mass is 371 g/mol. The molecule has 1 fully saturated rings. The van der Waals surface area contributed by atoms with Crippen LogP contribution in [0.1, 0.15) is 51.2 Å². The number of nitrogens with zero attached hydrogens (tertiary/aromatic N) is 1. The van der Waals surface area contributed by atoms with Crippen molar-refractivity contribution in [1.29, 1.82) is 0 Å². The van der Waals surface area contributed by atoms with Gasteiger partial charge in [-0.1, -0.05) is 48.6 Å². The Kier molecular flexibility index (Phi) is 3.87. The average molecular weight is 371 g/mol. The average Bonchev–Trinajstić information content (AvgIpc) is 3.13. The molecule has 2 aliphatic rings. The Hall–Kier alpha value is -2.30. The zero-order chi connectivity index (χ0) is 19.5. The largest absolute Gasteiger partial charge is 0.467 e. The van der Waals surface area contributed by atoms with Crippen molar-refractivity contribution >= 4 is 24.1 Å². The zero-order valence-corrected chi connectivity index (χ0v) is 17.0. The maximum Gasteiger partial charge on any atom is 0.467 e. The lowest BCUT2D eigenvalue weighted by Crippen LogP contribution is -2.41. The number of hydrogen-bond donors (Lipinski definition) is 0. The highest BCUT2D eigenvalue weighted by atomic mass is 16.7. The molecular formula is C24H26BNO2. The minimum atomic E-state index is -0.331. The van der Waals surface area contributed by atoms with Crippen LogP contribution in [0.25, 0.3) is 22.7 Å². The molecule has 2 heterocycles. The Morgan fingerprint density at radius 1 is 0.893 bits per heavy atom. The molecule has 0 saturated carbocycles. The second-order valence-corrected chi connectivity index (χ2v) is 8.86. The third-order valence-electron chi connectivity index (χ3n) is 6.59. The number of rotatable bonds is 2. The van der Waals surface area contributed by atoms with Crippen LogP contribution < -0.4 is 0 Å². The van der Waals surface area contributed by atoms with Crippen molar-refractivity contribution < 1.29 is 9.31 Å². The van der Waals surface area contributed by atoms with E-state index in [9.17, 15) is 0 Å². The summed E-state index contributed by atoms with van der Waals surface area (Å²) in [5, 5.41) is 1.28. The highest BCUT2D eigenvalue weighted by Gasteiger charge is 2.54. The van der Waals surface area contributed by atoms with E-state index < -0.39 is 0 Å². The molecule has 1 saturated heterocycles. The van der Waals surface area contributed by atoms with Crippen molar-refractivity contribution in [2.45, 2.75) is 51.1 Å². The van der Waals surface area contributed by atoms with Gasteiger partial charge in [-0.05, 0) is 52.3 Å². The van der Waals surface area contributed by atoms with Gasteiger partial charge in [0.15, 0.2) is 0 Å². The Labute approximate surface area is 167 Å². The summed E-state index contributed by atoms with van der Waals surface area (Å²) in [5.74, 6) is 0.147. The fraction of sp³-hybridized carbons (Fsp3) is 0.333. The number of benzene rings is 2. The second kappa shape index (κ2) is 6.10. The maximum absolute atomic E-state index is 6.48. The smallest absolute Gasteiger partial charge is 0.403 e. The van der Waals surface area contributed by atoms with E-state index in [0.29, 0.717) is 0 Å². The summed E-state index contributed by atoms with van der Waals surface area (Å²) in [6.07, 6.45) is 5.44. The molecule has 142 valence electrons. The van der Waals surface area contributed by atoms with Crippen LogP contribution in [-0.4, -0.2) is 22.9 Å². The lowest BCUT2D eigenvalue weighted by molar-refractivity contribution is 0.00578. The molecule has 3 nitrogen and oxygen atoms in total. The first-order valence-electron chi connectivity index (χ1n) is 10.1. The molecule has 0 bridgehead atoms. The van der Waals surface area contributed by atoms with Crippen LogP contribution in [0, 0.1) is 0 Å². The first kappa shape index (κ1) is 17.8. The summed E-state index contributed by atoms with van der Waals surface area (Å²) in [4.78, 5) is 0. The quantitative estimate of drug-likeness (QED) is 0.535.